The van der Waals surface area contributed by atoms with Gasteiger partial charge in [0.05, 0.1) is 0 Å². The van der Waals surface area contributed by atoms with E-state index in [0.717, 1.165) is 25.8 Å². The van der Waals surface area contributed by atoms with Crippen molar-refractivity contribution in [3.8, 4) is 0 Å². The van der Waals surface area contributed by atoms with Crippen LogP contribution in [0, 0.1) is 0 Å². The second-order valence-electron chi connectivity index (χ2n) is 5.24. The predicted octanol–water partition coefficient (Wildman–Crippen LogP) is 2.23. The van der Waals surface area contributed by atoms with E-state index in [1.54, 1.807) is 24.3 Å². The van der Waals surface area contributed by atoms with Gasteiger partial charge in [0, 0.05) is 36.7 Å². The van der Waals surface area contributed by atoms with Gasteiger partial charge < -0.3 is 10.6 Å². The Balaban J connectivity index is 2.14. The Morgan fingerprint density at radius 1 is 1.20 bits per heavy atom. The molecule has 1 atom stereocenters. The summed E-state index contributed by atoms with van der Waals surface area (Å²) < 4.78 is 0. The van der Waals surface area contributed by atoms with Gasteiger partial charge in [0.25, 0.3) is 5.91 Å². The summed E-state index contributed by atoms with van der Waals surface area (Å²) in [6.45, 7) is 3.12. The quantitative estimate of drug-likeness (QED) is 0.856. The molecule has 1 aliphatic rings. The lowest BCUT2D eigenvalue weighted by atomic mass is 10.00. The molecule has 20 heavy (non-hydrogen) atoms. The third-order valence-corrected chi connectivity index (χ3v) is 3.94. The van der Waals surface area contributed by atoms with E-state index in [0.29, 0.717) is 24.1 Å². The highest BCUT2D eigenvalue weighted by molar-refractivity contribution is 5.98. The number of likely N-dealkylation sites (tertiary alicyclic amines) is 1. The highest BCUT2D eigenvalue weighted by Gasteiger charge is 2.26. The first-order valence-electron chi connectivity index (χ1n) is 7.31. The normalized spacial score (nSPS) is 18.9. The predicted molar refractivity (Wildman–Crippen MR) is 78.8 cm³/mol. The molecule has 1 aliphatic heterocycles. The number of Topliss-reactive ketones (excluding diaryl/α,β-unsaturated/α-hetero) is 1. The van der Waals surface area contributed by atoms with E-state index >= 15 is 0 Å². The lowest BCUT2D eigenvalue weighted by molar-refractivity contribution is 0.0623. The van der Waals surface area contributed by atoms with Crippen LogP contribution in [0.5, 0.6) is 0 Å². The fraction of sp³-hybridized carbons (Fsp3) is 0.500. The molecule has 2 rings (SSSR count). The number of piperidine rings is 1. The first-order valence-corrected chi connectivity index (χ1v) is 7.31. The van der Waals surface area contributed by atoms with Gasteiger partial charge in [-0.2, -0.15) is 0 Å². The van der Waals surface area contributed by atoms with Gasteiger partial charge in [-0.3, -0.25) is 9.59 Å². The molecule has 0 bridgehead atoms. The zero-order valence-electron chi connectivity index (χ0n) is 12.0. The van der Waals surface area contributed by atoms with Gasteiger partial charge in [-0.25, -0.2) is 0 Å². The van der Waals surface area contributed by atoms with Gasteiger partial charge in [0.1, 0.15) is 0 Å². The number of hydrogen-bond acceptors (Lipinski definition) is 3. The Labute approximate surface area is 119 Å². The van der Waals surface area contributed by atoms with Crippen LogP contribution in [0.1, 0.15) is 53.3 Å². The number of nitrogens with zero attached hydrogens (tertiary/aromatic N) is 1. The van der Waals surface area contributed by atoms with Crippen molar-refractivity contribution in [1.29, 1.82) is 0 Å². The summed E-state index contributed by atoms with van der Waals surface area (Å²) in [7, 11) is 0. The molecule has 1 aromatic rings. The molecule has 4 nitrogen and oxygen atoms in total. The van der Waals surface area contributed by atoms with E-state index in [1.807, 2.05) is 11.8 Å². The number of rotatable bonds is 4. The van der Waals surface area contributed by atoms with Gasteiger partial charge in [0.15, 0.2) is 5.78 Å². The molecule has 108 valence electrons. The Kier molecular flexibility index (Phi) is 4.90. The highest BCUT2D eigenvalue weighted by Crippen LogP contribution is 2.19. The molecule has 0 radical (unpaired) electrons. The maximum absolute atomic E-state index is 12.5. The maximum atomic E-state index is 12.5. The number of benzene rings is 1. The number of carbonyl (C=O) groups is 2. The molecule has 0 aromatic heterocycles. The van der Waals surface area contributed by atoms with Crippen LogP contribution in [0.25, 0.3) is 0 Å². The molecule has 1 unspecified atom stereocenters. The molecule has 0 aliphatic carbocycles. The summed E-state index contributed by atoms with van der Waals surface area (Å²) in [6, 6.07) is 7.11. The Hall–Kier alpha value is -1.68. The minimum absolute atomic E-state index is 0.0237. The second-order valence-corrected chi connectivity index (χ2v) is 5.24. The van der Waals surface area contributed by atoms with Crippen LogP contribution in [0.4, 0.5) is 0 Å². The van der Waals surface area contributed by atoms with Crippen LogP contribution in [0.3, 0.4) is 0 Å². The summed E-state index contributed by atoms with van der Waals surface area (Å²) in [4.78, 5) is 26.0. The molecular weight excluding hydrogens is 252 g/mol. The standard InChI is InChI=1S/C16H22N2O2/c1-2-15(19)12-6-8-13(9-7-12)16(20)18-10-4-3-5-14(18)11-17/h6-9,14H,2-5,10-11,17H2,1H3. The largest absolute Gasteiger partial charge is 0.334 e. The molecule has 4 heteroatoms. The average molecular weight is 274 g/mol. The summed E-state index contributed by atoms with van der Waals surface area (Å²) in [5.74, 6) is 0.123. The smallest absolute Gasteiger partial charge is 0.254 e. The zero-order chi connectivity index (χ0) is 14.5. The molecule has 1 heterocycles. The zero-order valence-corrected chi connectivity index (χ0v) is 12.0. The van der Waals surface area contributed by atoms with E-state index in [9.17, 15) is 9.59 Å². The van der Waals surface area contributed by atoms with Crippen LogP contribution in [0.2, 0.25) is 0 Å². The third-order valence-electron chi connectivity index (χ3n) is 3.94. The Morgan fingerprint density at radius 3 is 2.45 bits per heavy atom. The molecule has 0 saturated carbocycles. The number of nitrogens with two attached hydrogens (primary N) is 1. The molecule has 1 fully saturated rings. The average Bonchev–Trinajstić information content (AvgIpc) is 2.53. The first-order chi connectivity index (χ1) is 9.67. The van der Waals surface area contributed by atoms with E-state index in [-0.39, 0.29) is 17.7 Å². The van der Waals surface area contributed by atoms with Crippen molar-refractivity contribution >= 4 is 11.7 Å². The van der Waals surface area contributed by atoms with Crippen LogP contribution in [0.15, 0.2) is 24.3 Å². The molecule has 1 aromatic carbocycles. The fourth-order valence-corrected chi connectivity index (χ4v) is 2.68. The van der Waals surface area contributed by atoms with E-state index in [1.165, 1.54) is 0 Å². The topological polar surface area (TPSA) is 63.4 Å². The first kappa shape index (κ1) is 14.7. The molecule has 0 spiro atoms. The lowest BCUT2D eigenvalue weighted by Gasteiger charge is -2.35. The summed E-state index contributed by atoms with van der Waals surface area (Å²) in [5.41, 5.74) is 7.05. The van der Waals surface area contributed by atoms with E-state index in [4.69, 9.17) is 5.73 Å². The lowest BCUT2D eigenvalue weighted by Crippen LogP contribution is -2.47. The van der Waals surface area contributed by atoms with Crippen molar-refractivity contribution in [2.45, 2.75) is 38.6 Å². The van der Waals surface area contributed by atoms with Crippen LogP contribution >= 0.6 is 0 Å². The van der Waals surface area contributed by atoms with Gasteiger partial charge >= 0.3 is 0 Å². The van der Waals surface area contributed by atoms with E-state index < -0.39 is 0 Å². The van der Waals surface area contributed by atoms with Gasteiger partial charge in [-0.05, 0) is 31.4 Å². The Morgan fingerprint density at radius 2 is 1.85 bits per heavy atom. The fourth-order valence-electron chi connectivity index (χ4n) is 2.68. The van der Waals surface area contributed by atoms with Gasteiger partial charge in [-0.15, -0.1) is 0 Å². The number of hydrogen-bond donors (Lipinski definition) is 1. The van der Waals surface area contributed by atoms with Crippen molar-refractivity contribution in [2.75, 3.05) is 13.1 Å². The number of carbonyl (C=O) groups excluding carboxylic acids is 2. The molecular formula is C16H22N2O2. The van der Waals surface area contributed by atoms with Crippen molar-refractivity contribution < 1.29 is 9.59 Å². The number of ketones is 1. The monoisotopic (exact) mass is 274 g/mol. The maximum Gasteiger partial charge on any atom is 0.254 e. The van der Waals surface area contributed by atoms with Gasteiger partial charge in [-0.1, -0.05) is 19.1 Å². The van der Waals surface area contributed by atoms with Crippen LogP contribution in [-0.4, -0.2) is 35.7 Å². The minimum atomic E-state index is 0.0237. The summed E-state index contributed by atoms with van der Waals surface area (Å²) >= 11 is 0. The number of amides is 1. The van der Waals surface area contributed by atoms with E-state index in [2.05, 4.69) is 0 Å². The highest BCUT2D eigenvalue weighted by atomic mass is 16.2. The second kappa shape index (κ2) is 6.66. The van der Waals surface area contributed by atoms with Crippen molar-refractivity contribution in [1.82, 2.24) is 4.90 Å². The van der Waals surface area contributed by atoms with Crippen LogP contribution < -0.4 is 5.73 Å². The third kappa shape index (κ3) is 3.07. The van der Waals surface area contributed by atoms with Gasteiger partial charge in [0.2, 0.25) is 0 Å². The molecule has 2 N–H and O–H groups in total. The van der Waals surface area contributed by atoms with Crippen molar-refractivity contribution in [3.63, 3.8) is 0 Å². The van der Waals surface area contributed by atoms with Crippen LogP contribution in [-0.2, 0) is 0 Å². The summed E-state index contributed by atoms with van der Waals surface area (Å²) in [6.07, 6.45) is 3.63. The SMILES string of the molecule is CCC(=O)c1ccc(C(=O)N2CCCCC2CN)cc1. The summed E-state index contributed by atoms with van der Waals surface area (Å²) in [5, 5.41) is 0. The molecule has 1 saturated heterocycles. The Bertz CT molecular complexity index is 482. The minimum Gasteiger partial charge on any atom is -0.334 e. The van der Waals surface area contributed by atoms with Crippen molar-refractivity contribution in [2.24, 2.45) is 5.73 Å². The molecule has 1 amide bonds. The van der Waals surface area contributed by atoms with Crippen molar-refractivity contribution in [3.05, 3.63) is 35.4 Å².